The number of amides is 2. The van der Waals surface area contributed by atoms with Gasteiger partial charge in [0.2, 0.25) is 0 Å². The summed E-state index contributed by atoms with van der Waals surface area (Å²) >= 11 is 0. The van der Waals surface area contributed by atoms with Gasteiger partial charge in [0, 0.05) is 31.1 Å². The average molecular weight is 325 g/mol. The van der Waals surface area contributed by atoms with Crippen LogP contribution in [0.1, 0.15) is 33.6 Å². The van der Waals surface area contributed by atoms with E-state index in [0.29, 0.717) is 23.4 Å². The van der Waals surface area contributed by atoms with Crippen molar-refractivity contribution in [1.29, 1.82) is 0 Å². The van der Waals surface area contributed by atoms with Crippen LogP contribution >= 0.6 is 0 Å². The quantitative estimate of drug-likeness (QED) is 0.883. The second kappa shape index (κ2) is 7.70. The molecule has 0 bridgehead atoms. The molecule has 24 heavy (non-hydrogen) atoms. The minimum Gasteiger partial charge on any atom is -0.376 e. The summed E-state index contributed by atoms with van der Waals surface area (Å²) in [7, 11) is 0. The molecule has 1 fully saturated rings. The smallest absolute Gasteiger partial charge is 0.255 e. The Kier molecular flexibility index (Phi) is 5.18. The summed E-state index contributed by atoms with van der Waals surface area (Å²) in [4.78, 5) is 28.6. The van der Waals surface area contributed by atoms with Gasteiger partial charge in [-0.25, -0.2) is 0 Å². The van der Waals surface area contributed by atoms with Crippen LogP contribution in [0.5, 0.6) is 0 Å². The molecule has 2 N–H and O–H groups in total. The molecule has 2 heterocycles. The highest BCUT2D eigenvalue weighted by Gasteiger charge is 2.18. The average Bonchev–Trinajstić information content (AvgIpc) is 3.14. The minimum absolute atomic E-state index is 0.0764. The van der Waals surface area contributed by atoms with Crippen LogP contribution in [0.2, 0.25) is 0 Å². The van der Waals surface area contributed by atoms with E-state index in [4.69, 9.17) is 4.74 Å². The van der Waals surface area contributed by atoms with Gasteiger partial charge in [0.05, 0.1) is 17.4 Å². The maximum absolute atomic E-state index is 12.4. The fraction of sp³-hybridized carbons (Fsp3) is 0.278. The molecule has 0 radical (unpaired) electrons. The number of hydrogen-bond donors (Lipinski definition) is 2. The molecule has 1 aliphatic heterocycles. The number of para-hydroxylation sites is 1. The second-order valence-corrected chi connectivity index (χ2v) is 5.58. The van der Waals surface area contributed by atoms with E-state index in [0.717, 1.165) is 19.4 Å². The van der Waals surface area contributed by atoms with Crippen molar-refractivity contribution in [3.8, 4) is 0 Å². The predicted octanol–water partition coefficient (Wildman–Crippen LogP) is 2.24. The first kappa shape index (κ1) is 16.1. The zero-order valence-electron chi connectivity index (χ0n) is 13.2. The lowest BCUT2D eigenvalue weighted by molar-refractivity contribution is 0.0858. The molecule has 6 heteroatoms. The second-order valence-electron chi connectivity index (χ2n) is 5.58. The minimum atomic E-state index is -0.281. The molecule has 1 atom stereocenters. The molecule has 3 rings (SSSR count). The number of hydrogen-bond acceptors (Lipinski definition) is 4. The number of benzene rings is 1. The maximum Gasteiger partial charge on any atom is 0.255 e. The topological polar surface area (TPSA) is 80.3 Å². The van der Waals surface area contributed by atoms with Gasteiger partial charge in [-0.1, -0.05) is 12.1 Å². The summed E-state index contributed by atoms with van der Waals surface area (Å²) in [5.74, 6) is -0.507. The first-order chi connectivity index (χ1) is 11.7. The molecule has 1 unspecified atom stereocenters. The van der Waals surface area contributed by atoms with Crippen molar-refractivity contribution in [1.82, 2.24) is 10.3 Å². The van der Waals surface area contributed by atoms with Crippen molar-refractivity contribution in [2.75, 3.05) is 18.5 Å². The Bertz CT molecular complexity index is 712. The van der Waals surface area contributed by atoms with E-state index >= 15 is 0 Å². The Morgan fingerprint density at radius 1 is 1.12 bits per heavy atom. The monoisotopic (exact) mass is 325 g/mol. The number of pyridine rings is 1. The summed E-state index contributed by atoms with van der Waals surface area (Å²) in [5.41, 5.74) is 1.39. The van der Waals surface area contributed by atoms with Gasteiger partial charge >= 0.3 is 0 Å². The van der Waals surface area contributed by atoms with E-state index in [1.807, 2.05) is 0 Å². The van der Waals surface area contributed by atoms with Gasteiger partial charge in [-0.3, -0.25) is 14.6 Å². The van der Waals surface area contributed by atoms with Gasteiger partial charge < -0.3 is 15.4 Å². The zero-order valence-corrected chi connectivity index (χ0v) is 13.2. The molecular formula is C18H19N3O3. The molecule has 124 valence electrons. The lowest BCUT2D eigenvalue weighted by Crippen LogP contribution is -2.32. The normalized spacial score (nSPS) is 16.6. The number of ether oxygens (including phenoxy) is 1. The van der Waals surface area contributed by atoms with Gasteiger partial charge in [-0.15, -0.1) is 0 Å². The Balaban J connectivity index is 1.68. The zero-order chi connectivity index (χ0) is 16.8. The largest absolute Gasteiger partial charge is 0.376 e. The number of rotatable bonds is 5. The van der Waals surface area contributed by atoms with Crippen LogP contribution in [0.15, 0.2) is 48.8 Å². The molecule has 1 aromatic carbocycles. The van der Waals surface area contributed by atoms with Crippen molar-refractivity contribution in [2.45, 2.75) is 18.9 Å². The van der Waals surface area contributed by atoms with Crippen LogP contribution in [0.25, 0.3) is 0 Å². The van der Waals surface area contributed by atoms with Crippen molar-refractivity contribution in [2.24, 2.45) is 0 Å². The maximum atomic E-state index is 12.4. The standard InChI is InChI=1S/C18H19N3O3/c22-17(13-7-9-19-10-8-13)21-16-6-2-1-5-15(16)18(23)20-12-14-4-3-11-24-14/h1-2,5-10,14H,3-4,11-12H2,(H,20,23)(H,21,22). The molecule has 0 aliphatic carbocycles. The number of nitrogens with zero attached hydrogens (tertiary/aromatic N) is 1. The van der Waals surface area contributed by atoms with E-state index < -0.39 is 0 Å². The summed E-state index contributed by atoms with van der Waals surface area (Å²) < 4.78 is 5.50. The summed E-state index contributed by atoms with van der Waals surface area (Å²) in [6.45, 7) is 1.23. The molecular weight excluding hydrogens is 306 g/mol. The molecule has 0 saturated carbocycles. The lowest BCUT2D eigenvalue weighted by Gasteiger charge is -2.13. The van der Waals surface area contributed by atoms with Crippen LogP contribution in [0.3, 0.4) is 0 Å². The Hall–Kier alpha value is -2.73. The van der Waals surface area contributed by atoms with Gasteiger partial charge in [0.1, 0.15) is 0 Å². The fourth-order valence-corrected chi connectivity index (χ4v) is 2.59. The van der Waals surface area contributed by atoms with Crippen LogP contribution in [-0.4, -0.2) is 36.1 Å². The van der Waals surface area contributed by atoms with Crippen molar-refractivity contribution >= 4 is 17.5 Å². The van der Waals surface area contributed by atoms with E-state index in [2.05, 4.69) is 15.6 Å². The molecule has 2 amide bonds. The van der Waals surface area contributed by atoms with Gasteiger partial charge in [0.25, 0.3) is 11.8 Å². The van der Waals surface area contributed by atoms with Crippen LogP contribution < -0.4 is 10.6 Å². The van der Waals surface area contributed by atoms with Crippen LogP contribution in [0, 0.1) is 0 Å². The third-order valence-corrected chi connectivity index (χ3v) is 3.88. The number of nitrogens with one attached hydrogen (secondary N) is 2. The molecule has 0 spiro atoms. The number of carbonyl (C=O) groups is 2. The number of carbonyl (C=O) groups excluding carboxylic acids is 2. The molecule has 1 saturated heterocycles. The van der Waals surface area contributed by atoms with Crippen molar-refractivity contribution in [3.05, 3.63) is 59.9 Å². The number of anilines is 1. The Labute approximate surface area is 140 Å². The van der Waals surface area contributed by atoms with E-state index in [1.54, 1.807) is 48.8 Å². The van der Waals surface area contributed by atoms with Crippen LogP contribution in [0.4, 0.5) is 5.69 Å². The number of aromatic nitrogens is 1. The van der Waals surface area contributed by atoms with E-state index in [1.165, 1.54) is 0 Å². The third kappa shape index (κ3) is 3.97. The van der Waals surface area contributed by atoms with E-state index in [9.17, 15) is 9.59 Å². The predicted molar refractivity (Wildman–Crippen MR) is 89.9 cm³/mol. The highest BCUT2D eigenvalue weighted by Crippen LogP contribution is 2.17. The SMILES string of the molecule is O=C(Nc1ccccc1C(=O)NCC1CCCO1)c1ccncc1. The summed E-state index contributed by atoms with van der Waals surface area (Å²) in [6, 6.07) is 10.2. The molecule has 6 nitrogen and oxygen atoms in total. The van der Waals surface area contributed by atoms with Gasteiger partial charge in [0.15, 0.2) is 0 Å². The molecule has 2 aromatic rings. The Morgan fingerprint density at radius 3 is 2.67 bits per heavy atom. The van der Waals surface area contributed by atoms with Gasteiger partial charge in [-0.2, -0.15) is 0 Å². The van der Waals surface area contributed by atoms with Crippen LogP contribution in [-0.2, 0) is 4.74 Å². The molecule has 1 aliphatic rings. The van der Waals surface area contributed by atoms with Gasteiger partial charge in [-0.05, 0) is 37.1 Å². The Morgan fingerprint density at radius 2 is 1.92 bits per heavy atom. The first-order valence-corrected chi connectivity index (χ1v) is 7.94. The lowest BCUT2D eigenvalue weighted by atomic mass is 10.1. The first-order valence-electron chi connectivity index (χ1n) is 7.94. The molecule has 1 aromatic heterocycles. The summed E-state index contributed by atoms with van der Waals surface area (Å²) in [5, 5.41) is 5.65. The fourth-order valence-electron chi connectivity index (χ4n) is 2.59. The van der Waals surface area contributed by atoms with Crippen molar-refractivity contribution in [3.63, 3.8) is 0 Å². The third-order valence-electron chi connectivity index (χ3n) is 3.88. The highest BCUT2D eigenvalue weighted by molar-refractivity contribution is 6.08. The van der Waals surface area contributed by atoms with E-state index in [-0.39, 0.29) is 17.9 Å². The summed E-state index contributed by atoms with van der Waals surface area (Å²) in [6.07, 6.45) is 5.16. The highest BCUT2D eigenvalue weighted by atomic mass is 16.5. The van der Waals surface area contributed by atoms with Crippen molar-refractivity contribution < 1.29 is 14.3 Å².